The molecule has 1 atom stereocenters. The first-order chi connectivity index (χ1) is 10.8. The number of benzene rings is 2. The lowest BCUT2D eigenvalue weighted by molar-refractivity contribution is 0.416. The molecule has 115 valence electrons. The van der Waals surface area contributed by atoms with Crippen LogP contribution in [0.1, 0.15) is 62.1 Å². The van der Waals surface area contributed by atoms with Gasteiger partial charge in [-0.25, -0.2) is 0 Å². The maximum atomic E-state index is 2.38. The molecule has 1 aliphatic rings. The average Bonchev–Trinajstić information content (AvgIpc) is 2.52. The molecular weight excluding hydrogens is 264 g/mol. The van der Waals surface area contributed by atoms with Crippen molar-refractivity contribution in [1.82, 2.24) is 0 Å². The molecule has 0 N–H and O–H groups in total. The molecule has 1 aliphatic carbocycles. The minimum atomic E-state index is 0.640. The summed E-state index contributed by atoms with van der Waals surface area (Å²) in [4.78, 5) is 0. The highest BCUT2D eigenvalue weighted by Gasteiger charge is 2.27. The first-order valence-corrected chi connectivity index (χ1v) is 8.78. The predicted octanol–water partition coefficient (Wildman–Crippen LogP) is 6.17. The van der Waals surface area contributed by atoms with Crippen molar-refractivity contribution in [2.75, 3.05) is 0 Å². The molecule has 2 aromatic carbocycles. The van der Waals surface area contributed by atoms with Crippen molar-refractivity contribution in [2.24, 2.45) is 5.92 Å². The summed E-state index contributed by atoms with van der Waals surface area (Å²) in [5.74, 6) is 3.06. The second kappa shape index (κ2) is 7.13. The van der Waals surface area contributed by atoms with E-state index in [2.05, 4.69) is 68.4 Å². The first kappa shape index (κ1) is 15.3. The lowest BCUT2D eigenvalue weighted by atomic mass is 9.72. The van der Waals surface area contributed by atoms with E-state index in [0.717, 1.165) is 12.3 Å². The molecular formula is C22H27. The molecule has 0 spiro atoms. The quantitative estimate of drug-likeness (QED) is 0.597. The molecule has 3 rings (SSSR count). The second-order valence-corrected chi connectivity index (χ2v) is 6.71. The maximum absolute atomic E-state index is 2.38. The molecule has 2 aromatic rings. The van der Waals surface area contributed by atoms with Crippen molar-refractivity contribution >= 4 is 0 Å². The van der Waals surface area contributed by atoms with E-state index in [0.29, 0.717) is 5.92 Å². The van der Waals surface area contributed by atoms with Crippen molar-refractivity contribution in [2.45, 2.75) is 51.9 Å². The Morgan fingerprint density at radius 3 is 2.32 bits per heavy atom. The number of rotatable bonds is 6. The fourth-order valence-corrected chi connectivity index (χ4v) is 3.46. The van der Waals surface area contributed by atoms with Gasteiger partial charge in [0.15, 0.2) is 0 Å². The van der Waals surface area contributed by atoms with Gasteiger partial charge in [-0.2, -0.15) is 0 Å². The summed E-state index contributed by atoms with van der Waals surface area (Å²) in [6, 6.07) is 20.1. The normalized spacial score (nSPS) is 16.5. The second-order valence-electron chi connectivity index (χ2n) is 6.71. The van der Waals surface area contributed by atoms with Crippen LogP contribution in [0.15, 0.2) is 54.6 Å². The van der Waals surface area contributed by atoms with Gasteiger partial charge in [0.2, 0.25) is 0 Å². The number of hydrogen-bond donors (Lipinski definition) is 0. The summed E-state index contributed by atoms with van der Waals surface area (Å²) < 4.78 is 0. The van der Waals surface area contributed by atoms with E-state index in [1.807, 2.05) is 0 Å². The highest BCUT2D eigenvalue weighted by atomic mass is 14.3. The van der Waals surface area contributed by atoms with E-state index in [1.165, 1.54) is 36.8 Å². The van der Waals surface area contributed by atoms with Crippen molar-refractivity contribution in [1.29, 1.82) is 0 Å². The first-order valence-electron chi connectivity index (χ1n) is 8.78. The molecule has 0 aromatic heterocycles. The number of hydrogen-bond acceptors (Lipinski definition) is 0. The summed E-state index contributed by atoms with van der Waals surface area (Å²) >= 11 is 0. The third-order valence-electron chi connectivity index (χ3n) is 5.30. The van der Waals surface area contributed by atoms with Crippen LogP contribution in [-0.4, -0.2) is 0 Å². The van der Waals surface area contributed by atoms with E-state index < -0.39 is 0 Å². The summed E-state index contributed by atoms with van der Waals surface area (Å²) in [6.45, 7) is 4.69. The minimum absolute atomic E-state index is 0.640. The minimum Gasteiger partial charge on any atom is -0.0651 e. The fraction of sp³-hybridized carbons (Fsp3) is 0.409. The summed E-state index contributed by atoms with van der Waals surface area (Å²) in [5, 5.41) is 0. The third kappa shape index (κ3) is 3.27. The van der Waals surface area contributed by atoms with Gasteiger partial charge in [-0.1, -0.05) is 81.3 Å². The van der Waals surface area contributed by atoms with E-state index >= 15 is 0 Å². The van der Waals surface area contributed by atoms with Crippen LogP contribution >= 0.6 is 0 Å². The SMILES string of the molecule is CCC(C)[C](Cc1ccccc1)c1ccccc1C1CCC1. The Morgan fingerprint density at radius 1 is 1.00 bits per heavy atom. The van der Waals surface area contributed by atoms with Crippen LogP contribution in [0.3, 0.4) is 0 Å². The van der Waals surface area contributed by atoms with Gasteiger partial charge in [0.25, 0.3) is 0 Å². The lowest BCUT2D eigenvalue weighted by Crippen LogP contribution is -2.19. The monoisotopic (exact) mass is 291 g/mol. The van der Waals surface area contributed by atoms with Gasteiger partial charge in [0.05, 0.1) is 0 Å². The summed E-state index contributed by atoms with van der Waals surface area (Å²) in [5.41, 5.74) is 4.56. The van der Waals surface area contributed by atoms with Gasteiger partial charge < -0.3 is 0 Å². The van der Waals surface area contributed by atoms with Crippen LogP contribution < -0.4 is 0 Å². The van der Waals surface area contributed by atoms with Gasteiger partial charge in [-0.3, -0.25) is 0 Å². The molecule has 0 amide bonds. The molecule has 1 fully saturated rings. The molecule has 1 radical (unpaired) electrons. The Kier molecular flexibility index (Phi) is 4.97. The predicted molar refractivity (Wildman–Crippen MR) is 95.0 cm³/mol. The maximum Gasteiger partial charge on any atom is 0.0124 e. The molecule has 1 unspecified atom stereocenters. The Morgan fingerprint density at radius 2 is 1.68 bits per heavy atom. The van der Waals surface area contributed by atoms with Gasteiger partial charge in [0, 0.05) is 5.92 Å². The largest absolute Gasteiger partial charge is 0.0651 e. The molecule has 1 saturated carbocycles. The molecule has 22 heavy (non-hydrogen) atoms. The highest BCUT2D eigenvalue weighted by Crippen LogP contribution is 2.42. The van der Waals surface area contributed by atoms with Crippen LogP contribution in [0, 0.1) is 11.8 Å². The Labute approximate surface area is 135 Å². The van der Waals surface area contributed by atoms with Gasteiger partial charge in [-0.05, 0) is 47.8 Å². The van der Waals surface area contributed by atoms with Crippen molar-refractivity contribution in [3.05, 3.63) is 77.2 Å². The Balaban J connectivity index is 1.92. The van der Waals surface area contributed by atoms with E-state index in [9.17, 15) is 0 Å². The van der Waals surface area contributed by atoms with E-state index in [4.69, 9.17) is 0 Å². The van der Waals surface area contributed by atoms with Crippen molar-refractivity contribution < 1.29 is 0 Å². The van der Waals surface area contributed by atoms with Crippen LogP contribution in [0.4, 0.5) is 0 Å². The summed E-state index contributed by atoms with van der Waals surface area (Å²) in [6.07, 6.45) is 6.43. The standard InChI is InChI=1S/C22H27/c1-3-17(2)22(16-18-10-5-4-6-11-18)21-15-8-7-14-20(21)19-12-9-13-19/h4-8,10-11,14-15,17,19H,3,9,12-13,16H2,1-2H3. The average molecular weight is 291 g/mol. The lowest BCUT2D eigenvalue weighted by Gasteiger charge is -2.32. The van der Waals surface area contributed by atoms with Gasteiger partial charge in [0.1, 0.15) is 0 Å². The van der Waals surface area contributed by atoms with Crippen LogP contribution in [0.5, 0.6) is 0 Å². The van der Waals surface area contributed by atoms with Crippen LogP contribution in [0.25, 0.3) is 0 Å². The topological polar surface area (TPSA) is 0 Å². The Bertz CT molecular complexity index is 580. The zero-order valence-electron chi connectivity index (χ0n) is 13.9. The molecule has 0 bridgehead atoms. The zero-order valence-corrected chi connectivity index (χ0v) is 13.9. The van der Waals surface area contributed by atoms with Gasteiger partial charge >= 0.3 is 0 Å². The fourth-order valence-electron chi connectivity index (χ4n) is 3.46. The Hall–Kier alpha value is -1.56. The highest BCUT2D eigenvalue weighted by molar-refractivity contribution is 5.44. The third-order valence-corrected chi connectivity index (χ3v) is 5.30. The van der Waals surface area contributed by atoms with Crippen LogP contribution in [-0.2, 0) is 6.42 Å². The molecule has 0 saturated heterocycles. The van der Waals surface area contributed by atoms with E-state index in [-0.39, 0.29) is 0 Å². The molecule has 0 aliphatic heterocycles. The van der Waals surface area contributed by atoms with Crippen LogP contribution in [0.2, 0.25) is 0 Å². The molecule has 0 heteroatoms. The zero-order chi connectivity index (χ0) is 15.4. The molecule has 0 heterocycles. The van der Waals surface area contributed by atoms with Gasteiger partial charge in [-0.15, -0.1) is 0 Å². The smallest absolute Gasteiger partial charge is 0.0124 e. The van der Waals surface area contributed by atoms with Crippen molar-refractivity contribution in [3.63, 3.8) is 0 Å². The summed E-state index contributed by atoms with van der Waals surface area (Å²) in [7, 11) is 0. The van der Waals surface area contributed by atoms with Crippen molar-refractivity contribution in [3.8, 4) is 0 Å². The van der Waals surface area contributed by atoms with E-state index in [1.54, 1.807) is 11.5 Å². The molecule has 0 nitrogen and oxygen atoms in total.